The number of carbonyl (C=O) groups excluding carboxylic acids is 2. The molecule has 2 aromatic carbocycles. The van der Waals surface area contributed by atoms with Gasteiger partial charge in [-0.15, -0.1) is 0 Å². The van der Waals surface area contributed by atoms with Gasteiger partial charge in [0, 0.05) is 56.5 Å². The van der Waals surface area contributed by atoms with E-state index in [1.54, 1.807) is 41.3 Å². The number of nitrogens with one attached hydrogen (secondary N) is 2. The maximum Gasteiger partial charge on any atom is 0.251 e. The third-order valence-corrected chi connectivity index (χ3v) is 7.42. The topological polar surface area (TPSA) is 135 Å². The highest BCUT2D eigenvalue weighted by atomic mass is 19.1. The molecule has 0 atom stereocenters. The third kappa shape index (κ3) is 5.53. The van der Waals surface area contributed by atoms with Gasteiger partial charge in [-0.05, 0) is 37.3 Å². The number of hydrogen-bond acceptors (Lipinski definition) is 9. The maximum atomic E-state index is 15.1. The first-order chi connectivity index (χ1) is 20.4. The van der Waals surface area contributed by atoms with Gasteiger partial charge >= 0.3 is 0 Å². The van der Waals surface area contributed by atoms with E-state index in [2.05, 4.69) is 25.9 Å². The summed E-state index contributed by atoms with van der Waals surface area (Å²) in [5.74, 6) is 1.09. The van der Waals surface area contributed by atoms with Gasteiger partial charge in [0.2, 0.25) is 5.91 Å². The lowest BCUT2D eigenvalue weighted by molar-refractivity contribution is -0.130. The number of fused-ring (bicyclic) bond motifs is 1. The number of aryl methyl sites for hydroxylation is 2. The van der Waals surface area contributed by atoms with Crippen LogP contribution in [0.25, 0.3) is 22.3 Å². The average Bonchev–Trinajstić information content (AvgIpc) is 3.76. The molecular weight excluding hydrogens is 543 g/mol. The van der Waals surface area contributed by atoms with Crippen LogP contribution in [0.5, 0.6) is 0 Å². The fourth-order valence-electron chi connectivity index (χ4n) is 4.96. The maximum absolute atomic E-state index is 15.1. The Morgan fingerprint density at radius 3 is 2.62 bits per heavy atom. The van der Waals surface area contributed by atoms with E-state index < -0.39 is 0 Å². The van der Waals surface area contributed by atoms with Crippen LogP contribution in [-0.4, -0.2) is 69.3 Å². The van der Waals surface area contributed by atoms with Gasteiger partial charge < -0.3 is 34.0 Å². The highest BCUT2D eigenvalue weighted by molar-refractivity contribution is 5.99. The smallest absolute Gasteiger partial charge is 0.251 e. The molecule has 0 aliphatic carbocycles. The monoisotopic (exact) mass is 572 g/mol. The number of rotatable bonds is 8. The van der Waals surface area contributed by atoms with Crippen molar-refractivity contribution in [1.82, 2.24) is 30.1 Å². The first-order valence-electron chi connectivity index (χ1n) is 13.5. The van der Waals surface area contributed by atoms with E-state index in [0.717, 1.165) is 16.9 Å². The zero-order chi connectivity index (χ0) is 29.2. The molecule has 2 amide bonds. The van der Waals surface area contributed by atoms with Crippen molar-refractivity contribution in [3.63, 3.8) is 0 Å². The second kappa shape index (κ2) is 11.4. The molecule has 3 aromatic heterocycles. The fraction of sp³-hybridized carbons (Fsp3) is 0.276. The lowest BCUT2D eigenvalue weighted by Gasteiger charge is -2.36. The van der Waals surface area contributed by atoms with Gasteiger partial charge in [-0.1, -0.05) is 16.4 Å². The Hall–Kier alpha value is -5.20. The number of halogens is 1. The quantitative estimate of drug-likeness (QED) is 0.287. The standard InChI is InChI=1S/C29H29FN8O4/c1-18-33-24-14-20(4-6-26(24)36(18)2)29(40)32-17-28(39)38-10-8-37(9-11-38)25-5-3-19(13-22(25)30)23-15-21(42-34-23)16-31-27-7-12-41-35-27/h3-7,12-15H,8-11,16-17H2,1-2H3,(H,31,35)(H,32,40). The summed E-state index contributed by atoms with van der Waals surface area (Å²) in [6.07, 6.45) is 1.46. The summed E-state index contributed by atoms with van der Waals surface area (Å²) in [7, 11) is 1.92. The Balaban J connectivity index is 1.00. The van der Waals surface area contributed by atoms with E-state index in [1.807, 2.05) is 29.5 Å². The molecule has 42 heavy (non-hydrogen) atoms. The summed E-state index contributed by atoms with van der Waals surface area (Å²) in [5.41, 5.74) is 3.68. The van der Waals surface area contributed by atoms with Gasteiger partial charge in [-0.2, -0.15) is 0 Å². The molecule has 5 aromatic rings. The highest BCUT2D eigenvalue weighted by Gasteiger charge is 2.24. The van der Waals surface area contributed by atoms with Crippen molar-refractivity contribution < 1.29 is 23.0 Å². The van der Waals surface area contributed by atoms with Crippen molar-refractivity contribution in [3.05, 3.63) is 77.8 Å². The Morgan fingerprint density at radius 1 is 1.02 bits per heavy atom. The minimum Gasteiger partial charge on any atom is -0.366 e. The van der Waals surface area contributed by atoms with Crippen LogP contribution < -0.4 is 15.5 Å². The van der Waals surface area contributed by atoms with E-state index in [-0.39, 0.29) is 24.2 Å². The predicted octanol–water partition coefficient (Wildman–Crippen LogP) is 3.35. The Morgan fingerprint density at radius 2 is 1.86 bits per heavy atom. The molecule has 13 heteroatoms. The van der Waals surface area contributed by atoms with Crippen LogP contribution in [0.2, 0.25) is 0 Å². The molecule has 0 spiro atoms. The van der Waals surface area contributed by atoms with E-state index in [4.69, 9.17) is 9.05 Å². The molecule has 6 rings (SSSR count). The third-order valence-electron chi connectivity index (χ3n) is 7.42. The molecule has 2 N–H and O–H groups in total. The van der Waals surface area contributed by atoms with Crippen LogP contribution in [0, 0.1) is 12.7 Å². The molecule has 1 aliphatic rings. The van der Waals surface area contributed by atoms with Crippen LogP contribution in [0.1, 0.15) is 21.9 Å². The Labute approximate surface area is 240 Å². The number of amides is 2. The molecule has 0 unspecified atom stereocenters. The number of piperazine rings is 1. The summed E-state index contributed by atoms with van der Waals surface area (Å²) in [5, 5.41) is 13.6. The minimum absolute atomic E-state index is 0.116. The second-order valence-electron chi connectivity index (χ2n) is 10.1. The number of hydrogen-bond donors (Lipinski definition) is 2. The van der Waals surface area contributed by atoms with Crippen LogP contribution >= 0.6 is 0 Å². The zero-order valence-electron chi connectivity index (χ0n) is 23.1. The summed E-state index contributed by atoms with van der Waals surface area (Å²) in [4.78, 5) is 33.5. The van der Waals surface area contributed by atoms with Gasteiger partial charge in [0.05, 0.1) is 29.8 Å². The molecule has 0 saturated carbocycles. The number of benzene rings is 2. The summed E-state index contributed by atoms with van der Waals surface area (Å²) in [6.45, 7) is 3.90. The SMILES string of the molecule is Cc1nc2cc(C(=O)NCC(=O)N3CCN(c4ccc(-c5cc(CNc6ccon6)on5)cc4F)CC3)ccc2n1C. The zero-order valence-corrected chi connectivity index (χ0v) is 23.1. The van der Waals surface area contributed by atoms with E-state index in [9.17, 15) is 9.59 Å². The molecule has 1 fully saturated rings. The van der Waals surface area contributed by atoms with Gasteiger partial charge in [-0.25, -0.2) is 9.37 Å². The number of nitrogens with zero attached hydrogens (tertiary/aromatic N) is 6. The van der Waals surface area contributed by atoms with Crippen molar-refractivity contribution >= 4 is 34.4 Å². The minimum atomic E-state index is -0.384. The molecule has 0 radical (unpaired) electrons. The largest absolute Gasteiger partial charge is 0.366 e. The van der Waals surface area contributed by atoms with Crippen LogP contribution in [-0.2, 0) is 18.4 Å². The second-order valence-corrected chi connectivity index (χ2v) is 10.1. The van der Waals surface area contributed by atoms with Crippen molar-refractivity contribution in [2.75, 3.05) is 42.9 Å². The normalized spacial score (nSPS) is 13.5. The Bertz CT molecular complexity index is 1740. The number of imidazole rings is 1. The van der Waals surface area contributed by atoms with Crippen molar-refractivity contribution in [3.8, 4) is 11.3 Å². The van der Waals surface area contributed by atoms with Crippen molar-refractivity contribution in [2.45, 2.75) is 13.5 Å². The van der Waals surface area contributed by atoms with Crippen molar-refractivity contribution in [2.24, 2.45) is 7.05 Å². The van der Waals surface area contributed by atoms with Gasteiger partial charge in [0.25, 0.3) is 5.91 Å². The fourth-order valence-corrected chi connectivity index (χ4v) is 4.96. The first kappa shape index (κ1) is 27.0. The molecular formula is C29H29FN8O4. The molecule has 0 bridgehead atoms. The molecule has 216 valence electrons. The average molecular weight is 573 g/mol. The van der Waals surface area contributed by atoms with Crippen LogP contribution in [0.3, 0.4) is 0 Å². The van der Waals surface area contributed by atoms with Gasteiger partial charge in [0.15, 0.2) is 11.6 Å². The van der Waals surface area contributed by atoms with Crippen molar-refractivity contribution in [1.29, 1.82) is 0 Å². The van der Waals surface area contributed by atoms with Gasteiger partial charge in [0.1, 0.15) is 23.6 Å². The van der Waals surface area contributed by atoms with E-state index in [0.29, 0.717) is 66.8 Å². The van der Waals surface area contributed by atoms with Gasteiger partial charge in [-0.3, -0.25) is 9.59 Å². The first-order valence-corrected chi connectivity index (χ1v) is 13.5. The summed E-state index contributed by atoms with van der Waals surface area (Å²) in [6, 6.07) is 13.7. The van der Waals surface area contributed by atoms with E-state index >= 15 is 4.39 Å². The predicted molar refractivity (Wildman–Crippen MR) is 152 cm³/mol. The number of anilines is 2. The highest BCUT2D eigenvalue weighted by Crippen LogP contribution is 2.27. The van der Waals surface area contributed by atoms with Crippen LogP contribution in [0.4, 0.5) is 15.9 Å². The van der Waals surface area contributed by atoms with Crippen LogP contribution in [0.15, 0.2) is 63.8 Å². The molecule has 4 heterocycles. The molecule has 1 aliphatic heterocycles. The lowest BCUT2D eigenvalue weighted by Crippen LogP contribution is -2.51. The molecule has 12 nitrogen and oxygen atoms in total. The van der Waals surface area contributed by atoms with E-state index in [1.165, 1.54) is 12.3 Å². The summed E-state index contributed by atoms with van der Waals surface area (Å²) < 4.78 is 27.2. The molecule has 1 saturated heterocycles. The summed E-state index contributed by atoms with van der Waals surface area (Å²) >= 11 is 0. The Kier molecular flexibility index (Phi) is 7.30. The lowest BCUT2D eigenvalue weighted by atomic mass is 10.1. The number of aromatic nitrogens is 4. The number of carbonyl (C=O) groups is 2.